The molecule has 0 spiro atoms. The van der Waals surface area contributed by atoms with E-state index in [-0.39, 0.29) is 18.4 Å². The molecule has 3 rings (SSSR count). The Bertz CT molecular complexity index is 1290. The summed E-state index contributed by atoms with van der Waals surface area (Å²) in [5.74, 6) is 1.20. The summed E-state index contributed by atoms with van der Waals surface area (Å²) in [6.45, 7) is 8.44. The van der Waals surface area contributed by atoms with Gasteiger partial charge < -0.3 is 19.5 Å². The van der Waals surface area contributed by atoms with Crippen molar-refractivity contribution in [3.63, 3.8) is 0 Å². The van der Waals surface area contributed by atoms with Crippen molar-refractivity contribution in [3.8, 4) is 17.2 Å². The van der Waals surface area contributed by atoms with E-state index in [0.29, 0.717) is 36.9 Å². The number of ether oxygens (including phenoxy) is 3. The van der Waals surface area contributed by atoms with E-state index < -0.39 is 11.9 Å². The van der Waals surface area contributed by atoms with Gasteiger partial charge in [0.1, 0.15) is 18.4 Å². The molecule has 0 saturated heterocycles. The molecule has 2 N–H and O–H groups in total. The van der Waals surface area contributed by atoms with Gasteiger partial charge in [0.25, 0.3) is 11.8 Å². The molecule has 3 aromatic carbocycles. The van der Waals surface area contributed by atoms with Gasteiger partial charge in [-0.15, -0.1) is 0 Å². The summed E-state index contributed by atoms with van der Waals surface area (Å²) in [4.78, 5) is 25.4. The molecule has 212 valence electrons. The van der Waals surface area contributed by atoms with E-state index >= 15 is 0 Å². The van der Waals surface area contributed by atoms with Crippen LogP contribution in [0.1, 0.15) is 43.9 Å². The molecule has 3 aromatic rings. The molecular formula is C31H36BrN3O5. The quantitative estimate of drug-likeness (QED) is 0.178. The molecule has 8 nitrogen and oxygen atoms in total. The topological polar surface area (TPSA) is 98.2 Å². The first-order valence-electron chi connectivity index (χ1n) is 13.2. The van der Waals surface area contributed by atoms with E-state index in [1.165, 1.54) is 6.21 Å². The SMILES string of the molecule is CCOc1cc(/C=N\NC(=O)[C@@H](CC(C)C)NC(=O)COc2ccccc2C)ccc1OCc1ccc(Br)cc1. The van der Waals surface area contributed by atoms with E-state index in [1.807, 2.05) is 82.3 Å². The van der Waals surface area contributed by atoms with Crippen LogP contribution in [0.5, 0.6) is 17.2 Å². The summed E-state index contributed by atoms with van der Waals surface area (Å²) in [6, 6.07) is 20.0. The first-order valence-corrected chi connectivity index (χ1v) is 14.0. The van der Waals surface area contributed by atoms with Crippen molar-refractivity contribution >= 4 is 34.0 Å². The Morgan fingerprint density at radius 3 is 2.40 bits per heavy atom. The minimum Gasteiger partial charge on any atom is -0.490 e. The van der Waals surface area contributed by atoms with Crippen LogP contribution >= 0.6 is 15.9 Å². The number of halogens is 1. The highest BCUT2D eigenvalue weighted by molar-refractivity contribution is 9.10. The summed E-state index contributed by atoms with van der Waals surface area (Å²) >= 11 is 3.43. The van der Waals surface area contributed by atoms with Gasteiger partial charge in [-0.25, -0.2) is 5.43 Å². The number of hydrazone groups is 1. The molecule has 0 aliphatic heterocycles. The third kappa shape index (κ3) is 10.0. The summed E-state index contributed by atoms with van der Waals surface area (Å²) in [7, 11) is 0. The molecule has 40 heavy (non-hydrogen) atoms. The molecule has 9 heteroatoms. The number of hydrogen-bond acceptors (Lipinski definition) is 6. The maximum atomic E-state index is 12.9. The lowest BCUT2D eigenvalue weighted by atomic mass is 10.0. The number of nitrogens with zero attached hydrogens (tertiary/aromatic N) is 1. The molecule has 0 aliphatic rings. The summed E-state index contributed by atoms with van der Waals surface area (Å²) in [5.41, 5.74) is 5.22. The molecule has 0 aromatic heterocycles. The van der Waals surface area contributed by atoms with Crippen molar-refractivity contribution < 1.29 is 23.8 Å². The highest BCUT2D eigenvalue weighted by Gasteiger charge is 2.22. The number of nitrogens with one attached hydrogen (secondary N) is 2. The molecule has 0 heterocycles. The highest BCUT2D eigenvalue weighted by Crippen LogP contribution is 2.29. The van der Waals surface area contributed by atoms with Crippen LogP contribution in [0, 0.1) is 12.8 Å². The fraction of sp³-hybridized carbons (Fsp3) is 0.323. The average Bonchev–Trinajstić information content (AvgIpc) is 2.92. The van der Waals surface area contributed by atoms with Crippen molar-refractivity contribution in [2.24, 2.45) is 11.0 Å². The molecule has 0 unspecified atom stereocenters. The molecule has 1 atom stereocenters. The molecular weight excluding hydrogens is 574 g/mol. The second-order valence-electron chi connectivity index (χ2n) is 9.59. The van der Waals surface area contributed by atoms with Gasteiger partial charge in [-0.2, -0.15) is 5.10 Å². The van der Waals surface area contributed by atoms with Crippen molar-refractivity contribution in [2.45, 2.75) is 46.8 Å². The van der Waals surface area contributed by atoms with Gasteiger partial charge in [0.15, 0.2) is 18.1 Å². The fourth-order valence-corrected chi connectivity index (χ4v) is 4.05. The van der Waals surface area contributed by atoms with Gasteiger partial charge in [-0.3, -0.25) is 9.59 Å². The number of rotatable bonds is 14. The number of amides is 2. The van der Waals surface area contributed by atoms with Crippen molar-refractivity contribution in [2.75, 3.05) is 13.2 Å². The third-order valence-electron chi connectivity index (χ3n) is 5.77. The summed E-state index contributed by atoms with van der Waals surface area (Å²) in [5, 5.41) is 6.87. The molecule has 0 saturated carbocycles. The van der Waals surface area contributed by atoms with Crippen LogP contribution in [0.2, 0.25) is 0 Å². The standard InChI is InChI=1S/C31H36BrN3O5/c1-5-38-29-17-24(12-15-28(29)39-19-23-10-13-25(32)14-11-23)18-33-35-31(37)26(16-21(2)3)34-30(36)20-40-27-9-7-6-8-22(27)4/h6-15,17-18,21,26H,5,16,19-20H2,1-4H3,(H,34,36)(H,35,37)/b33-18-/t26-/m1/s1. The summed E-state index contributed by atoms with van der Waals surface area (Å²) < 4.78 is 18.3. The molecule has 0 fully saturated rings. The lowest BCUT2D eigenvalue weighted by Gasteiger charge is -2.19. The number of para-hydroxylation sites is 1. The first kappa shape index (κ1) is 30.7. The van der Waals surface area contributed by atoms with Crippen LogP contribution in [0.25, 0.3) is 0 Å². The van der Waals surface area contributed by atoms with Crippen molar-refractivity contribution in [1.29, 1.82) is 0 Å². The Labute approximate surface area is 244 Å². The second-order valence-corrected chi connectivity index (χ2v) is 10.5. The number of carbonyl (C=O) groups is 2. The molecule has 2 amide bonds. The van der Waals surface area contributed by atoms with Gasteiger partial charge >= 0.3 is 0 Å². The van der Waals surface area contributed by atoms with Gasteiger partial charge in [0, 0.05) is 4.47 Å². The molecule has 0 aliphatic carbocycles. The minimum absolute atomic E-state index is 0.177. The largest absolute Gasteiger partial charge is 0.490 e. The van der Waals surface area contributed by atoms with E-state index in [9.17, 15) is 9.59 Å². The zero-order valence-corrected chi connectivity index (χ0v) is 24.9. The van der Waals surface area contributed by atoms with Crippen molar-refractivity contribution in [1.82, 2.24) is 10.7 Å². The van der Waals surface area contributed by atoms with Gasteiger partial charge in [-0.05, 0) is 79.3 Å². The first-order chi connectivity index (χ1) is 19.2. The lowest BCUT2D eigenvalue weighted by molar-refractivity contribution is -0.130. The van der Waals surface area contributed by atoms with E-state index in [2.05, 4.69) is 31.8 Å². The lowest BCUT2D eigenvalue weighted by Crippen LogP contribution is -2.47. The number of aryl methyl sites for hydroxylation is 1. The van der Waals surface area contributed by atoms with E-state index in [4.69, 9.17) is 14.2 Å². The molecule has 0 radical (unpaired) electrons. The van der Waals surface area contributed by atoms with Gasteiger partial charge in [0.2, 0.25) is 0 Å². The van der Waals surface area contributed by atoms with Crippen LogP contribution in [0.15, 0.2) is 76.3 Å². The van der Waals surface area contributed by atoms with Crippen LogP contribution in [-0.2, 0) is 16.2 Å². The number of carbonyl (C=O) groups excluding carboxylic acids is 2. The Morgan fingerprint density at radius 1 is 0.950 bits per heavy atom. The maximum Gasteiger partial charge on any atom is 0.262 e. The summed E-state index contributed by atoms with van der Waals surface area (Å²) in [6.07, 6.45) is 1.98. The highest BCUT2D eigenvalue weighted by atomic mass is 79.9. The minimum atomic E-state index is -0.751. The zero-order chi connectivity index (χ0) is 28.9. The van der Waals surface area contributed by atoms with Crippen LogP contribution < -0.4 is 25.0 Å². The smallest absolute Gasteiger partial charge is 0.262 e. The fourth-order valence-electron chi connectivity index (χ4n) is 3.78. The maximum absolute atomic E-state index is 12.9. The number of benzene rings is 3. The zero-order valence-electron chi connectivity index (χ0n) is 23.3. The van der Waals surface area contributed by atoms with Crippen LogP contribution in [-0.4, -0.2) is 37.3 Å². The number of hydrogen-bond donors (Lipinski definition) is 2. The predicted octanol–water partition coefficient (Wildman–Crippen LogP) is 5.80. The second kappa shape index (κ2) is 15.7. The van der Waals surface area contributed by atoms with Crippen LogP contribution in [0.4, 0.5) is 0 Å². The average molecular weight is 611 g/mol. The van der Waals surface area contributed by atoms with Crippen LogP contribution in [0.3, 0.4) is 0 Å². The van der Waals surface area contributed by atoms with Gasteiger partial charge in [-0.1, -0.05) is 60.1 Å². The Balaban J connectivity index is 1.58. The third-order valence-corrected chi connectivity index (χ3v) is 6.30. The van der Waals surface area contributed by atoms with E-state index in [1.54, 1.807) is 12.1 Å². The Kier molecular flexibility index (Phi) is 12.0. The Morgan fingerprint density at radius 2 is 1.70 bits per heavy atom. The molecule has 0 bridgehead atoms. The van der Waals surface area contributed by atoms with Crippen molar-refractivity contribution in [3.05, 3.63) is 87.9 Å². The van der Waals surface area contributed by atoms with Gasteiger partial charge in [0.05, 0.1) is 12.8 Å². The Hall–Kier alpha value is -3.85. The van der Waals surface area contributed by atoms with E-state index in [0.717, 1.165) is 21.2 Å². The normalized spacial score (nSPS) is 11.8. The predicted molar refractivity (Wildman–Crippen MR) is 160 cm³/mol. The monoisotopic (exact) mass is 609 g/mol.